The van der Waals surface area contributed by atoms with Crippen molar-refractivity contribution in [2.75, 3.05) is 20.4 Å². The van der Waals surface area contributed by atoms with Gasteiger partial charge in [-0.3, -0.25) is 0 Å². The molecule has 1 aliphatic carbocycles. The van der Waals surface area contributed by atoms with Crippen LogP contribution in [0.1, 0.15) is 38.3 Å². The van der Waals surface area contributed by atoms with Gasteiger partial charge < -0.3 is 24.8 Å². The summed E-state index contributed by atoms with van der Waals surface area (Å²) in [6.45, 7) is 8.00. The van der Waals surface area contributed by atoms with E-state index in [1.807, 2.05) is 6.92 Å². The molecule has 2 unspecified atom stereocenters. The molecule has 1 aromatic rings. The predicted octanol–water partition coefficient (Wildman–Crippen LogP) is 3.18. The smallest absolute Gasteiger partial charge is 0.191 e. The first-order chi connectivity index (χ1) is 12.5. The van der Waals surface area contributed by atoms with Gasteiger partial charge in [0, 0.05) is 36.2 Å². The van der Waals surface area contributed by atoms with E-state index in [2.05, 4.69) is 29.5 Å². The van der Waals surface area contributed by atoms with Crippen LogP contribution < -0.4 is 15.4 Å². The van der Waals surface area contributed by atoms with E-state index in [4.69, 9.17) is 14.2 Å². The number of nitrogens with zero attached hydrogens (tertiary/aromatic N) is 1. The van der Waals surface area contributed by atoms with Gasteiger partial charge in [0.25, 0.3) is 0 Å². The van der Waals surface area contributed by atoms with Gasteiger partial charge in [0.1, 0.15) is 11.6 Å². The van der Waals surface area contributed by atoms with E-state index in [0.29, 0.717) is 24.9 Å². The molecule has 6 nitrogen and oxygen atoms in total. The number of ether oxygens (including phenoxy) is 3. The highest BCUT2D eigenvalue weighted by atomic mass is 127. The number of hydrogen-bond donors (Lipinski definition) is 2. The van der Waals surface area contributed by atoms with Crippen LogP contribution in [0.4, 0.5) is 4.39 Å². The molecule has 8 heteroatoms. The first-order valence-corrected chi connectivity index (χ1v) is 9.05. The molecule has 2 aliphatic rings. The Morgan fingerprint density at radius 3 is 2.85 bits per heavy atom. The van der Waals surface area contributed by atoms with Crippen LogP contribution in [0.2, 0.25) is 0 Å². The minimum atomic E-state index is -0.302. The Labute approximate surface area is 177 Å². The van der Waals surface area contributed by atoms with Crippen LogP contribution in [0.15, 0.2) is 17.1 Å². The van der Waals surface area contributed by atoms with E-state index < -0.39 is 0 Å². The minimum absolute atomic E-state index is 0. The van der Waals surface area contributed by atoms with Gasteiger partial charge in [-0.15, -0.1) is 24.0 Å². The van der Waals surface area contributed by atoms with Gasteiger partial charge in [-0.2, -0.15) is 0 Å². The second kappa shape index (κ2) is 9.38. The molecule has 2 atom stereocenters. The first kappa shape index (κ1) is 22.2. The van der Waals surface area contributed by atoms with Crippen LogP contribution in [-0.4, -0.2) is 38.6 Å². The van der Waals surface area contributed by atoms with Gasteiger partial charge in [-0.25, -0.2) is 9.38 Å². The van der Waals surface area contributed by atoms with Crippen molar-refractivity contribution in [3.63, 3.8) is 0 Å². The molecule has 1 heterocycles. The SMILES string of the molecule is CCNC(=NCc1cc(F)cc2c1OCOC2)NC1CC(OC)C1(C)C.I. The van der Waals surface area contributed by atoms with Gasteiger partial charge in [0.2, 0.25) is 0 Å². The molecular weight excluding hydrogens is 464 g/mol. The third kappa shape index (κ3) is 4.83. The molecular formula is C19H29FIN3O3. The van der Waals surface area contributed by atoms with Crippen LogP contribution in [0.5, 0.6) is 5.75 Å². The lowest BCUT2D eigenvalue weighted by molar-refractivity contribution is -0.0922. The van der Waals surface area contributed by atoms with Crippen molar-refractivity contribution in [3.8, 4) is 5.75 Å². The lowest BCUT2D eigenvalue weighted by Crippen LogP contribution is -2.63. The predicted molar refractivity (Wildman–Crippen MR) is 113 cm³/mol. The van der Waals surface area contributed by atoms with Gasteiger partial charge in [-0.1, -0.05) is 13.8 Å². The molecule has 1 aromatic carbocycles. The van der Waals surface area contributed by atoms with E-state index in [-0.39, 0.29) is 54.1 Å². The molecule has 3 rings (SSSR count). The molecule has 152 valence electrons. The van der Waals surface area contributed by atoms with Crippen molar-refractivity contribution < 1.29 is 18.6 Å². The van der Waals surface area contributed by atoms with Gasteiger partial charge in [0.05, 0.1) is 19.3 Å². The summed E-state index contributed by atoms with van der Waals surface area (Å²) in [4.78, 5) is 4.64. The number of nitrogens with one attached hydrogen (secondary N) is 2. The zero-order valence-corrected chi connectivity index (χ0v) is 18.6. The molecule has 0 saturated heterocycles. The monoisotopic (exact) mass is 493 g/mol. The maximum atomic E-state index is 13.9. The van der Waals surface area contributed by atoms with E-state index in [9.17, 15) is 4.39 Å². The number of methoxy groups -OCH3 is 1. The summed E-state index contributed by atoms with van der Waals surface area (Å²) in [5.74, 6) is 1.09. The number of rotatable bonds is 5. The molecule has 0 amide bonds. The first-order valence-electron chi connectivity index (χ1n) is 9.05. The van der Waals surface area contributed by atoms with Gasteiger partial charge in [-0.05, 0) is 25.5 Å². The summed E-state index contributed by atoms with van der Waals surface area (Å²) in [6, 6.07) is 3.20. The fourth-order valence-corrected chi connectivity index (χ4v) is 3.55. The van der Waals surface area contributed by atoms with E-state index in [1.54, 1.807) is 7.11 Å². The fourth-order valence-electron chi connectivity index (χ4n) is 3.55. The van der Waals surface area contributed by atoms with Gasteiger partial charge in [0.15, 0.2) is 12.8 Å². The van der Waals surface area contributed by atoms with E-state index >= 15 is 0 Å². The highest BCUT2D eigenvalue weighted by Gasteiger charge is 2.48. The van der Waals surface area contributed by atoms with Crippen molar-refractivity contribution in [2.24, 2.45) is 10.4 Å². The number of halogens is 2. The Balaban J connectivity index is 0.00000261. The molecule has 27 heavy (non-hydrogen) atoms. The normalized spacial score (nSPS) is 23.4. The Morgan fingerprint density at radius 2 is 2.19 bits per heavy atom. The summed E-state index contributed by atoms with van der Waals surface area (Å²) in [5, 5.41) is 6.73. The highest BCUT2D eigenvalue weighted by molar-refractivity contribution is 14.0. The average Bonchev–Trinajstić information content (AvgIpc) is 2.62. The third-order valence-corrected chi connectivity index (χ3v) is 5.28. The molecule has 1 aliphatic heterocycles. The molecule has 0 aromatic heterocycles. The number of aliphatic imine (C=N–C) groups is 1. The second-order valence-electron chi connectivity index (χ2n) is 7.34. The molecule has 0 spiro atoms. The molecule has 1 saturated carbocycles. The third-order valence-electron chi connectivity index (χ3n) is 5.28. The maximum Gasteiger partial charge on any atom is 0.191 e. The number of hydrogen-bond acceptors (Lipinski definition) is 4. The second-order valence-corrected chi connectivity index (χ2v) is 7.34. The maximum absolute atomic E-state index is 13.9. The number of benzene rings is 1. The van der Waals surface area contributed by atoms with Crippen LogP contribution in [0.25, 0.3) is 0 Å². The Hall–Kier alpha value is -1.13. The molecule has 1 fully saturated rings. The van der Waals surface area contributed by atoms with Crippen molar-refractivity contribution in [2.45, 2.75) is 52.5 Å². The highest BCUT2D eigenvalue weighted by Crippen LogP contribution is 2.42. The van der Waals surface area contributed by atoms with Crippen molar-refractivity contribution in [1.82, 2.24) is 10.6 Å². The number of fused-ring (bicyclic) bond motifs is 1. The Kier molecular flexibility index (Phi) is 7.70. The standard InChI is InChI=1S/C19H28FN3O3.HI/c1-5-21-18(23-15-8-16(24-4)19(15,2)3)22-9-12-6-14(20)7-13-10-25-11-26-17(12)13;/h6-7,15-16H,5,8-11H2,1-4H3,(H2,21,22,23);1H. The summed E-state index contributed by atoms with van der Waals surface area (Å²) in [6.07, 6.45) is 1.18. The zero-order chi connectivity index (χ0) is 18.7. The Morgan fingerprint density at radius 1 is 1.41 bits per heavy atom. The van der Waals surface area contributed by atoms with Gasteiger partial charge >= 0.3 is 0 Å². The van der Waals surface area contributed by atoms with Crippen LogP contribution in [-0.2, 0) is 22.6 Å². The zero-order valence-electron chi connectivity index (χ0n) is 16.3. The largest absolute Gasteiger partial charge is 0.467 e. The average molecular weight is 493 g/mol. The van der Waals surface area contributed by atoms with E-state index in [0.717, 1.165) is 24.1 Å². The molecule has 0 radical (unpaired) electrons. The van der Waals surface area contributed by atoms with Crippen LogP contribution >= 0.6 is 24.0 Å². The Bertz CT molecular complexity index is 684. The summed E-state index contributed by atoms with van der Waals surface area (Å²) >= 11 is 0. The molecule has 0 bridgehead atoms. The summed E-state index contributed by atoms with van der Waals surface area (Å²) < 4.78 is 30.2. The fraction of sp³-hybridized carbons (Fsp3) is 0.632. The summed E-state index contributed by atoms with van der Waals surface area (Å²) in [7, 11) is 1.75. The minimum Gasteiger partial charge on any atom is -0.467 e. The molecule has 2 N–H and O–H groups in total. The van der Waals surface area contributed by atoms with Crippen LogP contribution in [0.3, 0.4) is 0 Å². The van der Waals surface area contributed by atoms with Crippen molar-refractivity contribution in [1.29, 1.82) is 0 Å². The van der Waals surface area contributed by atoms with Crippen molar-refractivity contribution >= 4 is 29.9 Å². The quantitative estimate of drug-likeness (QED) is 0.375. The lowest BCUT2D eigenvalue weighted by atomic mass is 9.64. The number of guanidine groups is 1. The van der Waals surface area contributed by atoms with Crippen LogP contribution in [0, 0.1) is 11.2 Å². The topological polar surface area (TPSA) is 64.1 Å². The van der Waals surface area contributed by atoms with Crippen molar-refractivity contribution in [3.05, 3.63) is 29.1 Å². The van der Waals surface area contributed by atoms with E-state index in [1.165, 1.54) is 12.1 Å². The lowest BCUT2D eigenvalue weighted by Gasteiger charge is -2.51. The summed E-state index contributed by atoms with van der Waals surface area (Å²) in [5.41, 5.74) is 1.48.